The van der Waals surface area contributed by atoms with Crippen molar-refractivity contribution in [3.8, 4) is 0 Å². The maximum atomic E-state index is 8.51. The highest BCUT2D eigenvalue weighted by atomic mass is 16.5. The Morgan fingerprint density at radius 2 is 2.36 bits per heavy atom. The summed E-state index contributed by atoms with van der Waals surface area (Å²) in [5.74, 6) is 0.603. The van der Waals surface area contributed by atoms with Crippen molar-refractivity contribution in [3.05, 3.63) is 12.2 Å². The molecule has 0 heterocycles. The number of ether oxygens (including phenoxy) is 1. The lowest BCUT2D eigenvalue weighted by atomic mass is 9.81. The van der Waals surface area contributed by atoms with E-state index >= 15 is 0 Å². The number of hydrogen-bond donors (Lipinski definition) is 1. The van der Waals surface area contributed by atoms with E-state index in [9.17, 15) is 0 Å². The second-order valence-electron chi connectivity index (χ2n) is 2.90. The van der Waals surface area contributed by atoms with Gasteiger partial charge in [-0.2, -0.15) is 0 Å². The molecule has 0 saturated heterocycles. The van der Waals surface area contributed by atoms with Gasteiger partial charge in [-0.25, -0.2) is 0 Å². The van der Waals surface area contributed by atoms with Gasteiger partial charge in [0.25, 0.3) is 0 Å². The summed E-state index contributed by atoms with van der Waals surface area (Å²) in [5, 5.41) is 8.51. The average molecular weight is 156 g/mol. The Balaban J connectivity index is 2.15. The maximum absolute atomic E-state index is 8.51. The Hall–Kier alpha value is -0.340. The van der Waals surface area contributed by atoms with Crippen molar-refractivity contribution in [2.75, 3.05) is 13.2 Å². The Bertz CT molecular complexity index is 132. The summed E-state index contributed by atoms with van der Waals surface area (Å²) >= 11 is 0. The molecule has 2 nitrogen and oxygen atoms in total. The van der Waals surface area contributed by atoms with Gasteiger partial charge in [0.1, 0.15) is 0 Å². The van der Waals surface area contributed by atoms with Crippen LogP contribution in [-0.2, 0) is 4.74 Å². The van der Waals surface area contributed by atoms with Crippen LogP contribution in [0.5, 0.6) is 0 Å². The molecule has 2 heteroatoms. The fourth-order valence-corrected chi connectivity index (χ4v) is 1.37. The minimum atomic E-state index is 0.138. The molecule has 64 valence electrons. The van der Waals surface area contributed by atoms with Gasteiger partial charge in [0.15, 0.2) is 0 Å². The molecule has 2 atom stereocenters. The number of aliphatic hydroxyl groups is 1. The van der Waals surface area contributed by atoms with Gasteiger partial charge >= 0.3 is 0 Å². The zero-order chi connectivity index (χ0) is 8.10. The smallest absolute Gasteiger partial charge is 0.0701 e. The molecule has 1 fully saturated rings. The molecule has 0 unspecified atom stereocenters. The topological polar surface area (TPSA) is 29.5 Å². The predicted molar refractivity (Wildman–Crippen MR) is 44.4 cm³/mol. The zero-order valence-electron chi connectivity index (χ0n) is 6.99. The third kappa shape index (κ3) is 2.31. The van der Waals surface area contributed by atoms with Crippen molar-refractivity contribution in [3.63, 3.8) is 0 Å². The molecule has 0 aromatic rings. The van der Waals surface area contributed by atoms with Gasteiger partial charge in [-0.05, 0) is 19.8 Å². The highest BCUT2D eigenvalue weighted by Crippen LogP contribution is 2.31. The largest absolute Gasteiger partial charge is 0.394 e. The van der Waals surface area contributed by atoms with Crippen LogP contribution in [0.4, 0.5) is 0 Å². The summed E-state index contributed by atoms with van der Waals surface area (Å²) in [5.41, 5.74) is 0. The van der Waals surface area contributed by atoms with E-state index in [0.717, 1.165) is 6.42 Å². The Kier molecular flexibility index (Phi) is 3.60. The minimum Gasteiger partial charge on any atom is -0.394 e. The second kappa shape index (κ2) is 4.52. The minimum absolute atomic E-state index is 0.138. The first-order valence-electron chi connectivity index (χ1n) is 4.23. The molecule has 0 aromatic heterocycles. The third-order valence-electron chi connectivity index (χ3n) is 2.12. The van der Waals surface area contributed by atoms with Crippen LogP contribution in [0.15, 0.2) is 12.2 Å². The zero-order valence-corrected chi connectivity index (χ0v) is 6.99. The van der Waals surface area contributed by atoms with Crippen LogP contribution in [0.2, 0.25) is 0 Å². The molecule has 1 rings (SSSR count). The fraction of sp³-hybridized carbons (Fsp3) is 0.778. The SMILES string of the molecule is C/C=C/[C@H]1CC[C@H]1OCCO. The lowest BCUT2D eigenvalue weighted by Gasteiger charge is -2.34. The highest BCUT2D eigenvalue weighted by molar-refractivity contribution is 4.96. The molecule has 0 spiro atoms. The molecule has 1 aliphatic carbocycles. The first-order chi connectivity index (χ1) is 5.38. The van der Waals surface area contributed by atoms with Crippen LogP contribution in [0.25, 0.3) is 0 Å². The molecule has 0 amide bonds. The van der Waals surface area contributed by atoms with E-state index in [1.54, 1.807) is 0 Å². The molecular weight excluding hydrogens is 140 g/mol. The monoisotopic (exact) mass is 156 g/mol. The normalized spacial score (nSPS) is 30.7. The van der Waals surface area contributed by atoms with E-state index in [-0.39, 0.29) is 6.61 Å². The molecule has 0 bridgehead atoms. The molecule has 1 saturated carbocycles. The van der Waals surface area contributed by atoms with E-state index in [0.29, 0.717) is 18.6 Å². The Morgan fingerprint density at radius 3 is 2.82 bits per heavy atom. The van der Waals surface area contributed by atoms with E-state index in [4.69, 9.17) is 9.84 Å². The first kappa shape index (κ1) is 8.75. The van der Waals surface area contributed by atoms with Gasteiger partial charge in [-0.3, -0.25) is 0 Å². The lowest BCUT2D eigenvalue weighted by molar-refractivity contribution is -0.0411. The van der Waals surface area contributed by atoms with Crippen molar-refractivity contribution >= 4 is 0 Å². The van der Waals surface area contributed by atoms with Gasteiger partial charge in [-0.1, -0.05) is 12.2 Å². The van der Waals surface area contributed by atoms with Gasteiger partial charge < -0.3 is 9.84 Å². The molecule has 0 radical (unpaired) electrons. The van der Waals surface area contributed by atoms with E-state index in [1.165, 1.54) is 6.42 Å². The molecule has 1 aliphatic rings. The van der Waals surface area contributed by atoms with E-state index in [2.05, 4.69) is 12.2 Å². The highest BCUT2D eigenvalue weighted by Gasteiger charge is 2.28. The van der Waals surface area contributed by atoms with Crippen molar-refractivity contribution in [1.29, 1.82) is 0 Å². The lowest BCUT2D eigenvalue weighted by Crippen LogP contribution is -2.33. The average Bonchev–Trinajstić information content (AvgIpc) is 1.99. The second-order valence-corrected chi connectivity index (χ2v) is 2.90. The maximum Gasteiger partial charge on any atom is 0.0701 e. The predicted octanol–water partition coefficient (Wildman–Crippen LogP) is 1.35. The number of rotatable bonds is 4. The Morgan fingerprint density at radius 1 is 1.55 bits per heavy atom. The molecule has 0 aliphatic heterocycles. The van der Waals surface area contributed by atoms with Crippen LogP contribution >= 0.6 is 0 Å². The number of allylic oxidation sites excluding steroid dienone is 1. The van der Waals surface area contributed by atoms with E-state index in [1.807, 2.05) is 6.92 Å². The van der Waals surface area contributed by atoms with Crippen LogP contribution in [0.3, 0.4) is 0 Å². The molecule has 11 heavy (non-hydrogen) atoms. The van der Waals surface area contributed by atoms with Crippen molar-refractivity contribution in [1.82, 2.24) is 0 Å². The molecule has 0 aromatic carbocycles. The van der Waals surface area contributed by atoms with Crippen LogP contribution in [0, 0.1) is 5.92 Å². The number of hydrogen-bond acceptors (Lipinski definition) is 2. The fourth-order valence-electron chi connectivity index (χ4n) is 1.37. The first-order valence-corrected chi connectivity index (χ1v) is 4.23. The number of aliphatic hydroxyl groups excluding tert-OH is 1. The van der Waals surface area contributed by atoms with Crippen LogP contribution in [0.1, 0.15) is 19.8 Å². The van der Waals surface area contributed by atoms with Gasteiger partial charge in [0, 0.05) is 5.92 Å². The summed E-state index contributed by atoms with van der Waals surface area (Å²) in [6.07, 6.45) is 7.01. The van der Waals surface area contributed by atoms with Crippen LogP contribution in [-0.4, -0.2) is 24.4 Å². The van der Waals surface area contributed by atoms with E-state index < -0.39 is 0 Å². The van der Waals surface area contributed by atoms with Crippen molar-refractivity contribution < 1.29 is 9.84 Å². The quantitative estimate of drug-likeness (QED) is 0.622. The van der Waals surface area contributed by atoms with Gasteiger partial charge in [-0.15, -0.1) is 0 Å². The van der Waals surface area contributed by atoms with Gasteiger partial charge in [0.2, 0.25) is 0 Å². The van der Waals surface area contributed by atoms with Crippen molar-refractivity contribution in [2.24, 2.45) is 5.92 Å². The Labute approximate surface area is 67.9 Å². The summed E-state index contributed by atoms with van der Waals surface area (Å²) in [6.45, 7) is 2.65. The summed E-state index contributed by atoms with van der Waals surface area (Å²) in [7, 11) is 0. The van der Waals surface area contributed by atoms with Gasteiger partial charge in [0.05, 0.1) is 19.3 Å². The van der Waals surface area contributed by atoms with Crippen LogP contribution < -0.4 is 0 Å². The molecular formula is C9H16O2. The standard InChI is InChI=1S/C9H16O2/c1-2-3-8-4-5-9(8)11-7-6-10/h2-3,8-10H,4-7H2,1H3/b3-2+/t8-,9+/m0/s1. The summed E-state index contributed by atoms with van der Waals surface area (Å²) in [6, 6.07) is 0. The summed E-state index contributed by atoms with van der Waals surface area (Å²) in [4.78, 5) is 0. The van der Waals surface area contributed by atoms with Crippen molar-refractivity contribution in [2.45, 2.75) is 25.9 Å². The third-order valence-corrected chi connectivity index (χ3v) is 2.12. The molecule has 1 N–H and O–H groups in total. The summed E-state index contributed by atoms with van der Waals surface area (Å²) < 4.78 is 5.39.